The molecule has 4 nitrogen and oxygen atoms in total. The number of hydrogen-bond acceptors (Lipinski definition) is 3. The standard InChI is InChI=1S/C23H24N2O2S/c1-18-14-21-15-22(12-13-23(21)24-18)28(26,27)25(16-19-8-4-2-5-9-19)17-20-10-6-3-7-11-20/h2-13,15,18,24H,14,16-17H2,1H3/t18-/m1/s1. The van der Waals surface area contributed by atoms with Crippen LogP contribution in [0.2, 0.25) is 0 Å². The lowest BCUT2D eigenvalue weighted by Gasteiger charge is -2.23. The Bertz CT molecular complexity index is 1010. The molecule has 1 aliphatic heterocycles. The predicted octanol–water partition coefficient (Wildman–Crippen LogP) is 4.43. The van der Waals surface area contributed by atoms with E-state index < -0.39 is 10.0 Å². The number of sulfonamides is 1. The molecular weight excluding hydrogens is 368 g/mol. The van der Waals surface area contributed by atoms with Gasteiger partial charge in [-0.15, -0.1) is 0 Å². The van der Waals surface area contributed by atoms with E-state index in [1.165, 1.54) is 0 Å². The quantitative estimate of drug-likeness (QED) is 0.675. The number of hydrogen-bond donors (Lipinski definition) is 1. The second-order valence-electron chi connectivity index (χ2n) is 7.31. The zero-order chi connectivity index (χ0) is 19.6. The third-order valence-electron chi connectivity index (χ3n) is 5.05. The van der Waals surface area contributed by atoms with Crippen LogP contribution < -0.4 is 5.32 Å². The van der Waals surface area contributed by atoms with Crippen LogP contribution >= 0.6 is 0 Å². The van der Waals surface area contributed by atoms with Gasteiger partial charge >= 0.3 is 0 Å². The van der Waals surface area contributed by atoms with Crippen LogP contribution in [0, 0.1) is 0 Å². The Morgan fingerprint density at radius 2 is 1.46 bits per heavy atom. The van der Waals surface area contributed by atoms with Crippen LogP contribution in [0.4, 0.5) is 5.69 Å². The van der Waals surface area contributed by atoms with Crippen molar-refractivity contribution in [2.24, 2.45) is 0 Å². The largest absolute Gasteiger partial charge is 0.382 e. The normalized spacial score (nSPS) is 16.0. The molecule has 0 aromatic heterocycles. The van der Waals surface area contributed by atoms with E-state index in [2.05, 4.69) is 12.2 Å². The van der Waals surface area contributed by atoms with Gasteiger partial charge < -0.3 is 5.32 Å². The predicted molar refractivity (Wildman–Crippen MR) is 113 cm³/mol. The monoisotopic (exact) mass is 392 g/mol. The van der Waals surface area contributed by atoms with Crippen LogP contribution in [-0.4, -0.2) is 18.8 Å². The van der Waals surface area contributed by atoms with Gasteiger partial charge in [-0.1, -0.05) is 60.7 Å². The molecule has 1 N–H and O–H groups in total. The Morgan fingerprint density at radius 1 is 0.893 bits per heavy atom. The number of benzene rings is 3. The number of anilines is 1. The first-order chi connectivity index (χ1) is 13.5. The molecule has 0 radical (unpaired) electrons. The minimum absolute atomic E-state index is 0.331. The van der Waals surface area contributed by atoms with Crippen LogP contribution in [-0.2, 0) is 29.5 Å². The van der Waals surface area contributed by atoms with Crippen molar-refractivity contribution in [3.63, 3.8) is 0 Å². The highest BCUT2D eigenvalue weighted by Gasteiger charge is 2.27. The molecule has 0 fully saturated rings. The van der Waals surface area contributed by atoms with E-state index in [-0.39, 0.29) is 0 Å². The van der Waals surface area contributed by atoms with Crippen molar-refractivity contribution >= 4 is 15.7 Å². The Balaban J connectivity index is 1.69. The number of rotatable bonds is 6. The van der Waals surface area contributed by atoms with Crippen LogP contribution in [0.3, 0.4) is 0 Å². The van der Waals surface area contributed by atoms with Crippen LogP contribution in [0.15, 0.2) is 83.8 Å². The maximum atomic E-state index is 13.5. The van der Waals surface area contributed by atoms with E-state index in [0.717, 1.165) is 28.8 Å². The summed E-state index contributed by atoms with van der Waals surface area (Å²) < 4.78 is 28.6. The molecule has 3 aromatic rings. The molecule has 0 bridgehead atoms. The summed E-state index contributed by atoms with van der Waals surface area (Å²) in [7, 11) is -3.63. The van der Waals surface area contributed by atoms with Gasteiger partial charge in [0.1, 0.15) is 0 Å². The van der Waals surface area contributed by atoms with E-state index in [9.17, 15) is 8.42 Å². The smallest absolute Gasteiger partial charge is 0.243 e. The van der Waals surface area contributed by atoms with E-state index in [1.807, 2.05) is 72.8 Å². The summed E-state index contributed by atoms with van der Waals surface area (Å²) in [6.07, 6.45) is 0.843. The minimum Gasteiger partial charge on any atom is -0.382 e. The maximum absolute atomic E-state index is 13.5. The summed E-state index contributed by atoms with van der Waals surface area (Å²) in [5.74, 6) is 0. The molecule has 1 atom stereocenters. The van der Waals surface area contributed by atoms with Gasteiger partial charge in [-0.3, -0.25) is 0 Å². The number of nitrogens with zero attached hydrogens (tertiary/aromatic N) is 1. The van der Waals surface area contributed by atoms with Crippen LogP contribution in [0.1, 0.15) is 23.6 Å². The zero-order valence-corrected chi connectivity index (χ0v) is 16.7. The minimum atomic E-state index is -3.63. The van der Waals surface area contributed by atoms with E-state index in [4.69, 9.17) is 0 Å². The third kappa shape index (κ3) is 3.96. The van der Waals surface area contributed by atoms with Gasteiger partial charge in [-0.2, -0.15) is 4.31 Å². The first-order valence-electron chi connectivity index (χ1n) is 9.50. The lowest BCUT2D eigenvalue weighted by molar-refractivity contribution is 0.401. The van der Waals surface area contributed by atoms with Gasteiger partial charge in [0.25, 0.3) is 0 Å². The maximum Gasteiger partial charge on any atom is 0.243 e. The van der Waals surface area contributed by atoms with Gasteiger partial charge in [-0.05, 0) is 48.2 Å². The molecule has 0 aliphatic carbocycles. The molecule has 0 amide bonds. The van der Waals surface area contributed by atoms with Gasteiger partial charge in [0.15, 0.2) is 0 Å². The Morgan fingerprint density at radius 3 is 2.04 bits per heavy atom. The fourth-order valence-electron chi connectivity index (χ4n) is 3.64. The number of nitrogens with one attached hydrogen (secondary N) is 1. The van der Waals surface area contributed by atoms with E-state index in [1.54, 1.807) is 10.4 Å². The highest BCUT2D eigenvalue weighted by molar-refractivity contribution is 7.89. The molecule has 0 saturated carbocycles. The summed E-state index contributed by atoms with van der Waals surface area (Å²) in [6, 6.07) is 25.2. The highest BCUT2D eigenvalue weighted by Crippen LogP contribution is 2.30. The SMILES string of the molecule is C[C@@H]1Cc2cc(S(=O)(=O)N(Cc3ccccc3)Cc3ccccc3)ccc2N1. The van der Waals surface area contributed by atoms with Crippen LogP contribution in [0.25, 0.3) is 0 Å². The Hall–Kier alpha value is -2.63. The van der Waals surface area contributed by atoms with Crippen LogP contribution in [0.5, 0.6) is 0 Å². The summed E-state index contributed by atoms with van der Waals surface area (Å²) in [5.41, 5.74) is 4.04. The lowest BCUT2D eigenvalue weighted by Crippen LogP contribution is -2.30. The average molecular weight is 393 g/mol. The molecule has 5 heteroatoms. The first kappa shape index (κ1) is 18.7. The van der Waals surface area contributed by atoms with E-state index >= 15 is 0 Å². The summed E-state index contributed by atoms with van der Waals surface area (Å²) in [4.78, 5) is 0.356. The fourth-order valence-corrected chi connectivity index (χ4v) is 5.10. The molecular formula is C23H24N2O2S. The molecule has 4 rings (SSSR count). The molecule has 1 heterocycles. The zero-order valence-electron chi connectivity index (χ0n) is 15.9. The molecule has 3 aromatic carbocycles. The van der Waals surface area contributed by atoms with Crippen molar-refractivity contribution in [1.82, 2.24) is 4.31 Å². The second-order valence-corrected chi connectivity index (χ2v) is 9.25. The summed E-state index contributed by atoms with van der Waals surface area (Å²) in [6.45, 7) is 2.78. The van der Waals surface area contributed by atoms with Gasteiger partial charge in [0.2, 0.25) is 10.0 Å². The van der Waals surface area contributed by atoms with Crippen molar-refractivity contribution in [2.75, 3.05) is 5.32 Å². The van der Waals surface area contributed by atoms with Crippen molar-refractivity contribution in [2.45, 2.75) is 37.4 Å². The van der Waals surface area contributed by atoms with Gasteiger partial charge in [0.05, 0.1) is 4.90 Å². The Labute approximate surface area is 166 Å². The molecule has 1 aliphatic rings. The third-order valence-corrected chi connectivity index (χ3v) is 6.83. The molecule has 0 saturated heterocycles. The van der Waals surface area contributed by atoms with Crippen molar-refractivity contribution in [1.29, 1.82) is 0 Å². The van der Waals surface area contributed by atoms with Crippen molar-refractivity contribution in [3.8, 4) is 0 Å². The Kier molecular flexibility index (Phi) is 5.20. The fraction of sp³-hybridized carbons (Fsp3) is 0.217. The summed E-state index contributed by atoms with van der Waals surface area (Å²) >= 11 is 0. The topological polar surface area (TPSA) is 49.4 Å². The van der Waals surface area contributed by atoms with Crippen molar-refractivity contribution < 1.29 is 8.42 Å². The average Bonchev–Trinajstić information content (AvgIpc) is 3.08. The second kappa shape index (κ2) is 7.78. The molecule has 144 valence electrons. The first-order valence-corrected chi connectivity index (χ1v) is 10.9. The van der Waals surface area contributed by atoms with E-state index in [0.29, 0.717) is 24.0 Å². The number of fused-ring (bicyclic) bond motifs is 1. The molecule has 0 unspecified atom stereocenters. The van der Waals surface area contributed by atoms with Gasteiger partial charge in [-0.25, -0.2) is 8.42 Å². The highest BCUT2D eigenvalue weighted by atomic mass is 32.2. The molecule has 28 heavy (non-hydrogen) atoms. The summed E-state index contributed by atoms with van der Waals surface area (Å²) in [5, 5.41) is 3.38. The molecule has 0 spiro atoms. The lowest BCUT2D eigenvalue weighted by atomic mass is 10.1. The van der Waals surface area contributed by atoms with Gasteiger partial charge in [0, 0.05) is 24.8 Å². The van der Waals surface area contributed by atoms with Crippen molar-refractivity contribution in [3.05, 3.63) is 95.6 Å².